The van der Waals surface area contributed by atoms with Gasteiger partial charge < -0.3 is 4.90 Å². The molecule has 0 saturated heterocycles. The van der Waals surface area contributed by atoms with Gasteiger partial charge in [-0.2, -0.15) is 0 Å². The first-order chi connectivity index (χ1) is 5.24. The van der Waals surface area contributed by atoms with Crippen molar-refractivity contribution in [1.29, 1.82) is 0 Å². The Morgan fingerprint density at radius 2 is 2.27 bits per heavy atom. The topological polar surface area (TPSA) is 33.2 Å². The molecular formula is C8H10N2O. The van der Waals surface area contributed by atoms with Crippen LogP contribution in [0.4, 0.5) is 5.82 Å². The maximum absolute atomic E-state index is 10.3. The van der Waals surface area contributed by atoms with Crippen LogP contribution in [-0.4, -0.2) is 18.4 Å². The van der Waals surface area contributed by atoms with E-state index >= 15 is 0 Å². The van der Waals surface area contributed by atoms with E-state index in [4.69, 9.17) is 0 Å². The number of aryl methyl sites for hydroxylation is 1. The molecule has 0 saturated carbocycles. The molecule has 1 amide bonds. The number of aromatic nitrogens is 1. The SMILES string of the molecule is Cc1cccc(N(C)C=O)n1. The molecule has 1 rings (SSSR count). The first kappa shape index (κ1) is 7.72. The lowest BCUT2D eigenvalue weighted by Gasteiger charge is -2.08. The number of nitrogens with zero attached hydrogens (tertiary/aromatic N) is 2. The van der Waals surface area contributed by atoms with Crippen molar-refractivity contribution >= 4 is 12.2 Å². The van der Waals surface area contributed by atoms with Gasteiger partial charge in [-0.25, -0.2) is 4.98 Å². The summed E-state index contributed by atoms with van der Waals surface area (Å²) < 4.78 is 0. The second-order valence-electron chi connectivity index (χ2n) is 2.35. The molecule has 0 spiro atoms. The zero-order valence-corrected chi connectivity index (χ0v) is 6.61. The minimum Gasteiger partial charge on any atom is -0.303 e. The number of amides is 1. The van der Waals surface area contributed by atoms with E-state index in [1.54, 1.807) is 13.1 Å². The summed E-state index contributed by atoms with van der Waals surface area (Å²) in [6, 6.07) is 5.56. The van der Waals surface area contributed by atoms with Gasteiger partial charge in [-0.1, -0.05) is 6.07 Å². The molecule has 0 aliphatic heterocycles. The highest BCUT2D eigenvalue weighted by Crippen LogP contribution is 2.06. The van der Waals surface area contributed by atoms with Gasteiger partial charge in [0.1, 0.15) is 5.82 Å². The highest BCUT2D eigenvalue weighted by Gasteiger charge is 1.97. The van der Waals surface area contributed by atoms with Gasteiger partial charge in [0.05, 0.1) is 0 Å². The smallest absolute Gasteiger partial charge is 0.215 e. The number of pyridine rings is 1. The molecule has 0 aliphatic carbocycles. The molecule has 3 nitrogen and oxygen atoms in total. The molecule has 0 bridgehead atoms. The maximum Gasteiger partial charge on any atom is 0.215 e. The van der Waals surface area contributed by atoms with E-state index in [1.807, 2.05) is 19.1 Å². The Kier molecular flexibility index (Phi) is 2.21. The average molecular weight is 150 g/mol. The van der Waals surface area contributed by atoms with Crippen LogP contribution in [0.15, 0.2) is 18.2 Å². The standard InChI is InChI=1S/C8H10N2O/c1-7-4-3-5-8(9-7)10(2)6-11/h3-6H,1-2H3. The van der Waals surface area contributed by atoms with Crippen molar-refractivity contribution in [2.75, 3.05) is 11.9 Å². The van der Waals surface area contributed by atoms with E-state index in [2.05, 4.69) is 4.98 Å². The molecule has 0 radical (unpaired) electrons. The van der Waals surface area contributed by atoms with E-state index < -0.39 is 0 Å². The van der Waals surface area contributed by atoms with Crippen molar-refractivity contribution in [1.82, 2.24) is 4.98 Å². The predicted molar refractivity (Wildman–Crippen MR) is 43.4 cm³/mol. The molecule has 1 aromatic heterocycles. The first-order valence-electron chi connectivity index (χ1n) is 3.36. The molecular weight excluding hydrogens is 140 g/mol. The zero-order chi connectivity index (χ0) is 8.27. The Hall–Kier alpha value is -1.38. The molecule has 0 N–H and O–H groups in total. The first-order valence-corrected chi connectivity index (χ1v) is 3.36. The van der Waals surface area contributed by atoms with E-state index in [9.17, 15) is 4.79 Å². The number of rotatable bonds is 2. The summed E-state index contributed by atoms with van der Waals surface area (Å²) in [4.78, 5) is 15.9. The molecule has 58 valence electrons. The second-order valence-corrected chi connectivity index (χ2v) is 2.35. The largest absolute Gasteiger partial charge is 0.303 e. The molecule has 0 unspecified atom stereocenters. The number of hydrogen-bond donors (Lipinski definition) is 0. The molecule has 1 heterocycles. The lowest BCUT2D eigenvalue weighted by Crippen LogP contribution is -2.15. The van der Waals surface area contributed by atoms with Gasteiger partial charge >= 0.3 is 0 Å². The van der Waals surface area contributed by atoms with Crippen LogP contribution in [0.3, 0.4) is 0 Å². The monoisotopic (exact) mass is 150 g/mol. The lowest BCUT2D eigenvalue weighted by atomic mass is 10.4. The van der Waals surface area contributed by atoms with E-state index in [0.717, 1.165) is 12.1 Å². The zero-order valence-electron chi connectivity index (χ0n) is 6.61. The fourth-order valence-electron chi connectivity index (χ4n) is 0.779. The summed E-state index contributed by atoms with van der Waals surface area (Å²) in [5, 5.41) is 0. The fourth-order valence-corrected chi connectivity index (χ4v) is 0.779. The summed E-state index contributed by atoms with van der Waals surface area (Å²) in [6.45, 7) is 1.89. The van der Waals surface area contributed by atoms with Crippen molar-refractivity contribution in [3.63, 3.8) is 0 Å². The summed E-state index contributed by atoms with van der Waals surface area (Å²) in [5.41, 5.74) is 0.913. The fraction of sp³-hybridized carbons (Fsp3) is 0.250. The van der Waals surface area contributed by atoms with Gasteiger partial charge in [-0.15, -0.1) is 0 Å². The van der Waals surface area contributed by atoms with Crippen molar-refractivity contribution in [2.45, 2.75) is 6.92 Å². The van der Waals surface area contributed by atoms with Crippen molar-refractivity contribution in [2.24, 2.45) is 0 Å². The molecule has 0 aliphatic rings. The molecule has 1 aromatic rings. The number of carbonyl (C=O) groups is 1. The highest BCUT2D eigenvalue weighted by molar-refractivity contribution is 5.71. The number of carbonyl (C=O) groups excluding carboxylic acids is 1. The van der Waals surface area contributed by atoms with Crippen molar-refractivity contribution < 1.29 is 4.79 Å². The van der Waals surface area contributed by atoms with E-state index in [-0.39, 0.29) is 0 Å². The summed E-state index contributed by atoms with van der Waals surface area (Å²) in [6.07, 6.45) is 0.738. The predicted octanol–water partition coefficient (Wildman–Crippen LogP) is 0.983. The maximum atomic E-state index is 10.3. The van der Waals surface area contributed by atoms with Crippen LogP contribution in [0.5, 0.6) is 0 Å². The molecule has 0 aromatic carbocycles. The third-order valence-corrected chi connectivity index (χ3v) is 1.39. The van der Waals surface area contributed by atoms with E-state index in [1.165, 1.54) is 4.90 Å². The Morgan fingerprint density at radius 3 is 2.82 bits per heavy atom. The van der Waals surface area contributed by atoms with Crippen molar-refractivity contribution in [3.8, 4) is 0 Å². The Morgan fingerprint density at radius 1 is 1.55 bits per heavy atom. The van der Waals surface area contributed by atoms with Crippen molar-refractivity contribution in [3.05, 3.63) is 23.9 Å². The van der Waals surface area contributed by atoms with Crippen LogP contribution in [0.25, 0.3) is 0 Å². The van der Waals surface area contributed by atoms with Crippen LogP contribution in [0.2, 0.25) is 0 Å². The van der Waals surface area contributed by atoms with Crippen LogP contribution in [0.1, 0.15) is 5.69 Å². The molecule has 0 atom stereocenters. The van der Waals surface area contributed by atoms with Crippen LogP contribution >= 0.6 is 0 Å². The summed E-state index contributed by atoms with van der Waals surface area (Å²) in [5.74, 6) is 0.681. The Labute approximate surface area is 65.7 Å². The van der Waals surface area contributed by atoms with Gasteiger partial charge in [-0.3, -0.25) is 4.79 Å². The third-order valence-electron chi connectivity index (χ3n) is 1.39. The summed E-state index contributed by atoms with van der Waals surface area (Å²) >= 11 is 0. The lowest BCUT2D eigenvalue weighted by molar-refractivity contribution is -0.107. The third kappa shape index (κ3) is 1.77. The second kappa shape index (κ2) is 3.14. The van der Waals surface area contributed by atoms with Gasteiger partial charge in [0.2, 0.25) is 6.41 Å². The quantitative estimate of drug-likeness (QED) is 0.589. The van der Waals surface area contributed by atoms with Gasteiger partial charge in [-0.05, 0) is 19.1 Å². The molecule has 0 fully saturated rings. The van der Waals surface area contributed by atoms with Gasteiger partial charge in [0, 0.05) is 12.7 Å². The molecule has 11 heavy (non-hydrogen) atoms. The Balaban J connectivity index is 2.95. The minimum absolute atomic E-state index is 0.681. The summed E-state index contributed by atoms with van der Waals surface area (Å²) in [7, 11) is 1.68. The average Bonchev–Trinajstić information content (AvgIpc) is 2.03. The van der Waals surface area contributed by atoms with E-state index in [0.29, 0.717) is 5.82 Å². The Bertz CT molecular complexity index is 260. The van der Waals surface area contributed by atoms with Crippen LogP contribution in [0, 0.1) is 6.92 Å². The molecule has 3 heteroatoms. The van der Waals surface area contributed by atoms with Crippen LogP contribution in [-0.2, 0) is 4.79 Å². The van der Waals surface area contributed by atoms with Gasteiger partial charge in [0.15, 0.2) is 0 Å². The minimum atomic E-state index is 0.681. The number of anilines is 1. The number of hydrogen-bond acceptors (Lipinski definition) is 2. The normalized spacial score (nSPS) is 9.27. The highest BCUT2D eigenvalue weighted by atomic mass is 16.1. The van der Waals surface area contributed by atoms with Crippen LogP contribution < -0.4 is 4.90 Å². The van der Waals surface area contributed by atoms with Gasteiger partial charge in [0.25, 0.3) is 0 Å².